The molecule has 2 aromatic rings. The quantitative estimate of drug-likeness (QED) is 0.808. The maximum atomic E-state index is 8.94. The van der Waals surface area contributed by atoms with Gasteiger partial charge in [0.2, 0.25) is 0 Å². The molecule has 1 unspecified atom stereocenters. The van der Waals surface area contributed by atoms with Crippen LogP contribution in [-0.2, 0) is 0 Å². The number of anilines is 1. The van der Waals surface area contributed by atoms with E-state index in [-0.39, 0.29) is 6.04 Å². The first-order valence-corrected chi connectivity index (χ1v) is 9.37. The van der Waals surface area contributed by atoms with Gasteiger partial charge in [-0.1, -0.05) is 12.0 Å². The molecule has 1 atom stereocenters. The Bertz CT molecular complexity index is 1070. The molecule has 0 amide bonds. The summed E-state index contributed by atoms with van der Waals surface area (Å²) in [5.74, 6) is 3.45. The lowest BCUT2D eigenvalue weighted by molar-refractivity contribution is 0.459. The van der Waals surface area contributed by atoms with E-state index in [1.807, 2.05) is 18.5 Å². The van der Waals surface area contributed by atoms with E-state index in [9.17, 15) is 0 Å². The van der Waals surface area contributed by atoms with Crippen molar-refractivity contribution in [3.05, 3.63) is 53.3 Å². The molecule has 0 radical (unpaired) electrons. The van der Waals surface area contributed by atoms with E-state index in [1.165, 1.54) is 17.1 Å². The molecule has 0 aliphatic carbocycles. The molecule has 2 aliphatic rings. The van der Waals surface area contributed by atoms with Gasteiger partial charge in [0, 0.05) is 36.4 Å². The minimum Gasteiger partial charge on any atom is -0.372 e. The van der Waals surface area contributed by atoms with E-state index in [4.69, 9.17) is 11.7 Å². The lowest BCUT2D eigenvalue weighted by Gasteiger charge is -2.29. The topological polar surface area (TPSA) is 84.2 Å². The molecule has 140 valence electrons. The van der Waals surface area contributed by atoms with Crippen molar-refractivity contribution in [3.63, 3.8) is 0 Å². The summed E-state index contributed by atoms with van der Waals surface area (Å²) in [5.41, 5.74) is 2.53. The second-order valence-corrected chi connectivity index (χ2v) is 6.83. The molecule has 0 saturated carbocycles. The third kappa shape index (κ3) is 3.47. The minimum absolute atomic E-state index is 0.242. The molecule has 1 N–H and O–H groups in total. The Balaban J connectivity index is 1.61. The fourth-order valence-electron chi connectivity index (χ4n) is 3.85. The van der Waals surface area contributed by atoms with Crippen LogP contribution in [0.3, 0.4) is 0 Å². The number of hydrogen-bond donors (Lipinski definition) is 1. The second kappa shape index (κ2) is 7.98. The zero-order valence-corrected chi connectivity index (χ0v) is 15.5. The van der Waals surface area contributed by atoms with Crippen LogP contribution in [0.2, 0.25) is 0 Å². The van der Waals surface area contributed by atoms with Crippen molar-refractivity contribution in [2.24, 2.45) is 4.99 Å². The van der Waals surface area contributed by atoms with Gasteiger partial charge in [0.05, 0.1) is 25.0 Å². The number of nitrogens with zero attached hydrogens (tertiary/aromatic N) is 6. The molecule has 0 bridgehead atoms. The van der Waals surface area contributed by atoms with Gasteiger partial charge in [-0.05, 0) is 25.3 Å². The molecule has 7 nitrogen and oxygen atoms in total. The monoisotopic (exact) mass is 371 g/mol. The SMILES string of the molecule is C#CCN(c1cnc(C#N)cn1)C1CCN(C2=c3cc[nH]c3=NC=CCC2)C1. The molecule has 1 saturated heterocycles. The van der Waals surface area contributed by atoms with Gasteiger partial charge in [0.15, 0.2) is 5.69 Å². The summed E-state index contributed by atoms with van der Waals surface area (Å²) in [6.45, 7) is 2.29. The lowest BCUT2D eigenvalue weighted by atomic mass is 10.1. The van der Waals surface area contributed by atoms with Crippen LogP contribution in [0.4, 0.5) is 5.82 Å². The summed E-state index contributed by atoms with van der Waals surface area (Å²) in [7, 11) is 0. The number of H-pyrrole nitrogens is 1. The van der Waals surface area contributed by atoms with Gasteiger partial charge in [-0.3, -0.25) is 0 Å². The highest BCUT2D eigenvalue weighted by molar-refractivity contribution is 5.46. The molecule has 4 heterocycles. The molecule has 1 fully saturated rings. The molecule has 0 aromatic carbocycles. The Morgan fingerprint density at radius 3 is 3.07 bits per heavy atom. The Morgan fingerprint density at radius 2 is 2.29 bits per heavy atom. The zero-order valence-electron chi connectivity index (χ0n) is 15.5. The average Bonchev–Trinajstić information content (AvgIpc) is 3.37. The molecular formula is C21H21N7. The first kappa shape index (κ1) is 17.8. The summed E-state index contributed by atoms with van der Waals surface area (Å²) in [4.78, 5) is 20.8. The van der Waals surface area contributed by atoms with E-state index < -0.39 is 0 Å². The Hall–Kier alpha value is -3.58. The Labute approximate surface area is 163 Å². The predicted molar refractivity (Wildman–Crippen MR) is 106 cm³/mol. The molecule has 7 heteroatoms. The number of rotatable bonds is 4. The van der Waals surface area contributed by atoms with E-state index in [0.29, 0.717) is 18.1 Å². The number of likely N-dealkylation sites (tertiary alicyclic amines) is 1. The average molecular weight is 371 g/mol. The van der Waals surface area contributed by atoms with Crippen molar-refractivity contribution in [3.8, 4) is 18.4 Å². The summed E-state index contributed by atoms with van der Waals surface area (Å²) in [5, 5.41) is 10.1. The summed E-state index contributed by atoms with van der Waals surface area (Å²) >= 11 is 0. The molecular weight excluding hydrogens is 350 g/mol. The number of nitriles is 1. The number of allylic oxidation sites excluding steroid dienone is 1. The summed E-state index contributed by atoms with van der Waals surface area (Å²) in [6.07, 6.45) is 17.6. The third-order valence-electron chi connectivity index (χ3n) is 5.19. The van der Waals surface area contributed by atoms with Crippen molar-refractivity contribution in [1.29, 1.82) is 5.26 Å². The lowest BCUT2D eigenvalue weighted by Crippen LogP contribution is -2.39. The second-order valence-electron chi connectivity index (χ2n) is 6.83. The van der Waals surface area contributed by atoms with Gasteiger partial charge in [0.25, 0.3) is 0 Å². The fraction of sp³-hybridized carbons (Fsp3) is 0.333. The predicted octanol–water partition coefficient (Wildman–Crippen LogP) is 0.926. The van der Waals surface area contributed by atoms with Gasteiger partial charge in [-0.2, -0.15) is 5.26 Å². The summed E-state index contributed by atoms with van der Waals surface area (Å²) in [6, 6.07) is 4.35. The number of nitrogens with one attached hydrogen (secondary N) is 1. The normalized spacial score (nSPS) is 18.4. The maximum absolute atomic E-state index is 8.94. The van der Waals surface area contributed by atoms with Crippen LogP contribution in [0.15, 0.2) is 41.9 Å². The number of hydrogen-bond acceptors (Lipinski definition) is 6. The standard InChI is InChI=1S/C21H21N7/c1-2-10-28(20-14-25-16(12-22)13-26-20)17-7-11-27(15-17)19-5-3-4-8-23-21-18(19)6-9-24-21/h1,4,6,8-9,13-14,17H,3,5,7,10-11,15H2,(H,23,24). The number of fused-ring (bicyclic) bond motifs is 1. The fourth-order valence-corrected chi connectivity index (χ4v) is 3.85. The zero-order chi connectivity index (χ0) is 19.3. The first-order valence-electron chi connectivity index (χ1n) is 9.37. The van der Waals surface area contributed by atoms with E-state index >= 15 is 0 Å². The van der Waals surface area contributed by atoms with Crippen LogP contribution in [0.5, 0.6) is 0 Å². The van der Waals surface area contributed by atoms with Crippen LogP contribution in [0.25, 0.3) is 5.70 Å². The van der Waals surface area contributed by atoms with Crippen molar-refractivity contribution >= 4 is 11.5 Å². The van der Waals surface area contributed by atoms with Crippen LogP contribution in [-0.4, -0.2) is 45.5 Å². The third-order valence-corrected chi connectivity index (χ3v) is 5.19. The van der Waals surface area contributed by atoms with Crippen LogP contribution in [0, 0.1) is 23.7 Å². The molecule has 2 aliphatic heterocycles. The van der Waals surface area contributed by atoms with Crippen LogP contribution < -0.4 is 15.6 Å². The van der Waals surface area contributed by atoms with Crippen molar-refractivity contribution in [2.75, 3.05) is 24.5 Å². The summed E-state index contributed by atoms with van der Waals surface area (Å²) < 4.78 is 0. The smallest absolute Gasteiger partial charge is 0.158 e. The molecule has 28 heavy (non-hydrogen) atoms. The van der Waals surface area contributed by atoms with E-state index in [2.05, 4.69) is 47.8 Å². The highest BCUT2D eigenvalue weighted by Gasteiger charge is 2.30. The van der Waals surface area contributed by atoms with Crippen molar-refractivity contribution in [2.45, 2.75) is 25.3 Å². The van der Waals surface area contributed by atoms with Gasteiger partial charge in [0.1, 0.15) is 17.4 Å². The number of terminal acetylenes is 1. The largest absolute Gasteiger partial charge is 0.372 e. The van der Waals surface area contributed by atoms with Crippen LogP contribution in [0.1, 0.15) is 25.0 Å². The molecule has 4 rings (SSSR count). The Morgan fingerprint density at radius 1 is 1.36 bits per heavy atom. The highest BCUT2D eigenvalue weighted by atomic mass is 15.3. The van der Waals surface area contributed by atoms with Crippen molar-refractivity contribution in [1.82, 2.24) is 19.9 Å². The molecule has 2 aromatic heterocycles. The first-order chi connectivity index (χ1) is 13.8. The molecule has 0 spiro atoms. The van der Waals surface area contributed by atoms with Gasteiger partial charge in [-0.15, -0.1) is 6.42 Å². The van der Waals surface area contributed by atoms with Gasteiger partial charge < -0.3 is 14.8 Å². The Kier molecular flexibility index (Phi) is 5.07. The van der Waals surface area contributed by atoms with Gasteiger partial charge >= 0.3 is 0 Å². The highest BCUT2D eigenvalue weighted by Crippen LogP contribution is 2.25. The van der Waals surface area contributed by atoms with Crippen molar-refractivity contribution < 1.29 is 0 Å². The number of aromatic nitrogens is 3. The minimum atomic E-state index is 0.242. The van der Waals surface area contributed by atoms with E-state index in [0.717, 1.165) is 37.8 Å². The number of aromatic amines is 1. The van der Waals surface area contributed by atoms with Crippen LogP contribution >= 0.6 is 0 Å². The maximum Gasteiger partial charge on any atom is 0.158 e. The van der Waals surface area contributed by atoms with Gasteiger partial charge in [-0.25, -0.2) is 15.0 Å². The van der Waals surface area contributed by atoms with E-state index in [1.54, 1.807) is 6.20 Å².